The van der Waals surface area contributed by atoms with Crippen molar-refractivity contribution in [3.05, 3.63) is 34.9 Å². The van der Waals surface area contributed by atoms with Gasteiger partial charge in [0.2, 0.25) is 0 Å². The van der Waals surface area contributed by atoms with Gasteiger partial charge in [-0.25, -0.2) is 4.79 Å². The standard InChI is InChI=1S/C22H33ClN4O2.HI/c1-22(2,3)29-21(28)26-17-10-8-16(9-11-17)25-20(24-4)27-19-13-18(19)14-6-5-7-15(23)12-14;/h5-7,12,16-19H,8-11,13H2,1-4H3,(H,26,28)(H2,24,25,27);1H. The molecule has 3 N–H and O–H groups in total. The Balaban J connectivity index is 0.00000320. The van der Waals surface area contributed by atoms with E-state index in [0.29, 0.717) is 18.0 Å². The molecule has 0 aliphatic heterocycles. The quantitative estimate of drug-likeness (QED) is 0.287. The predicted octanol–water partition coefficient (Wildman–Crippen LogP) is 4.81. The van der Waals surface area contributed by atoms with Crippen molar-refractivity contribution in [1.29, 1.82) is 0 Å². The Morgan fingerprint density at radius 2 is 1.73 bits per heavy atom. The minimum atomic E-state index is -0.466. The first kappa shape index (κ1) is 25.0. The van der Waals surface area contributed by atoms with Crippen LogP contribution in [0.25, 0.3) is 0 Å². The number of halogens is 2. The lowest BCUT2D eigenvalue weighted by Crippen LogP contribution is -2.48. The molecule has 0 bridgehead atoms. The predicted molar refractivity (Wildman–Crippen MR) is 133 cm³/mol. The summed E-state index contributed by atoms with van der Waals surface area (Å²) >= 11 is 6.11. The van der Waals surface area contributed by atoms with Crippen molar-refractivity contribution in [3.63, 3.8) is 0 Å². The first-order valence-electron chi connectivity index (χ1n) is 10.5. The lowest BCUT2D eigenvalue weighted by molar-refractivity contribution is 0.0490. The third kappa shape index (κ3) is 7.80. The molecule has 1 aromatic rings. The molecule has 2 unspecified atom stereocenters. The summed E-state index contributed by atoms with van der Waals surface area (Å²) in [4.78, 5) is 16.3. The molecule has 0 radical (unpaired) electrons. The first-order chi connectivity index (χ1) is 13.7. The molecule has 2 atom stereocenters. The maximum Gasteiger partial charge on any atom is 0.407 e. The van der Waals surface area contributed by atoms with Crippen molar-refractivity contribution in [1.82, 2.24) is 16.0 Å². The molecule has 0 heterocycles. The molecule has 2 aliphatic carbocycles. The Labute approximate surface area is 202 Å². The third-order valence-corrected chi connectivity index (χ3v) is 5.64. The highest BCUT2D eigenvalue weighted by Crippen LogP contribution is 2.41. The zero-order valence-electron chi connectivity index (χ0n) is 18.2. The van der Waals surface area contributed by atoms with Gasteiger partial charge in [0.05, 0.1) is 0 Å². The van der Waals surface area contributed by atoms with Gasteiger partial charge in [-0.2, -0.15) is 0 Å². The van der Waals surface area contributed by atoms with E-state index in [1.165, 1.54) is 5.56 Å². The van der Waals surface area contributed by atoms with Gasteiger partial charge in [-0.1, -0.05) is 23.7 Å². The molecule has 3 rings (SSSR count). The maximum absolute atomic E-state index is 11.9. The number of nitrogens with one attached hydrogen (secondary N) is 3. The summed E-state index contributed by atoms with van der Waals surface area (Å²) in [6, 6.07) is 9.02. The van der Waals surface area contributed by atoms with E-state index in [0.717, 1.165) is 43.1 Å². The largest absolute Gasteiger partial charge is 0.444 e. The normalized spacial score (nSPS) is 26.2. The van der Waals surface area contributed by atoms with E-state index in [1.54, 1.807) is 0 Å². The van der Waals surface area contributed by atoms with Crippen LogP contribution in [0, 0.1) is 0 Å². The molecule has 6 nitrogen and oxygen atoms in total. The van der Waals surface area contributed by atoms with Crippen molar-refractivity contribution in [2.45, 2.75) is 82.5 Å². The van der Waals surface area contributed by atoms with Crippen molar-refractivity contribution >= 4 is 47.6 Å². The lowest BCUT2D eigenvalue weighted by atomic mass is 9.91. The molecular weight excluding hydrogens is 515 g/mol. The van der Waals surface area contributed by atoms with Crippen molar-refractivity contribution in [2.75, 3.05) is 7.05 Å². The van der Waals surface area contributed by atoms with Crippen LogP contribution in [0.1, 0.15) is 64.4 Å². The maximum atomic E-state index is 11.9. The number of rotatable bonds is 4. The second-order valence-corrected chi connectivity index (χ2v) is 9.50. The molecule has 0 aromatic heterocycles. The number of amides is 1. The zero-order valence-corrected chi connectivity index (χ0v) is 21.3. The van der Waals surface area contributed by atoms with Crippen molar-refractivity contribution in [2.24, 2.45) is 4.99 Å². The summed E-state index contributed by atoms with van der Waals surface area (Å²) in [5.74, 6) is 1.34. The highest BCUT2D eigenvalue weighted by Gasteiger charge is 2.39. The molecule has 0 spiro atoms. The van der Waals surface area contributed by atoms with E-state index in [4.69, 9.17) is 16.3 Å². The minimum absolute atomic E-state index is 0. The zero-order chi connectivity index (χ0) is 21.0. The molecule has 1 aromatic carbocycles. The van der Waals surface area contributed by atoms with Gasteiger partial charge in [0.1, 0.15) is 5.60 Å². The number of benzene rings is 1. The van der Waals surface area contributed by atoms with E-state index >= 15 is 0 Å². The fraction of sp³-hybridized carbons (Fsp3) is 0.636. The van der Waals surface area contributed by atoms with E-state index in [-0.39, 0.29) is 36.1 Å². The summed E-state index contributed by atoms with van der Waals surface area (Å²) in [5, 5.41) is 10.8. The van der Waals surface area contributed by atoms with E-state index in [9.17, 15) is 4.79 Å². The fourth-order valence-corrected chi connectivity index (χ4v) is 4.05. The molecule has 30 heavy (non-hydrogen) atoms. The minimum Gasteiger partial charge on any atom is -0.444 e. The topological polar surface area (TPSA) is 74.8 Å². The number of guanidine groups is 1. The number of hydrogen-bond acceptors (Lipinski definition) is 3. The molecule has 2 saturated carbocycles. The van der Waals surface area contributed by atoms with Crippen molar-refractivity contribution in [3.8, 4) is 0 Å². The van der Waals surface area contributed by atoms with Crippen LogP contribution in [0.4, 0.5) is 4.79 Å². The van der Waals surface area contributed by atoms with Crippen molar-refractivity contribution < 1.29 is 9.53 Å². The van der Waals surface area contributed by atoms with Gasteiger partial charge in [-0.15, -0.1) is 24.0 Å². The summed E-state index contributed by atoms with van der Waals surface area (Å²) in [6.07, 6.45) is 4.61. The molecule has 1 amide bonds. The van der Waals surface area contributed by atoms with Gasteiger partial charge in [0, 0.05) is 36.1 Å². The highest BCUT2D eigenvalue weighted by atomic mass is 127. The SMILES string of the molecule is CN=C(NC1CCC(NC(=O)OC(C)(C)C)CC1)NC1CC1c1cccc(Cl)c1.I. The molecule has 8 heteroatoms. The number of aliphatic imine (C=N–C) groups is 1. The average Bonchev–Trinajstić information content (AvgIpc) is 3.40. The van der Waals surface area contributed by atoms with Crippen LogP contribution in [0.2, 0.25) is 5.02 Å². The van der Waals surface area contributed by atoms with Crippen LogP contribution in [0.3, 0.4) is 0 Å². The summed E-state index contributed by atoms with van der Waals surface area (Å²) in [5.41, 5.74) is 0.811. The third-order valence-electron chi connectivity index (χ3n) is 5.40. The molecule has 168 valence electrons. The number of alkyl carbamates (subject to hydrolysis) is 1. The number of ether oxygens (including phenoxy) is 1. The highest BCUT2D eigenvalue weighted by molar-refractivity contribution is 14.0. The van der Waals surface area contributed by atoms with Gasteiger partial charge >= 0.3 is 6.09 Å². The fourth-order valence-electron chi connectivity index (χ4n) is 3.86. The Morgan fingerprint density at radius 3 is 2.30 bits per heavy atom. The van der Waals surface area contributed by atoms with Gasteiger partial charge in [0.15, 0.2) is 5.96 Å². The van der Waals surface area contributed by atoms with E-state index < -0.39 is 5.60 Å². The van der Waals surface area contributed by atoms with Gasteiger partial charge in [0.25, 0.3) is 0 Å². The molecule has 0 saturated heterocycles. The molecule has 2 fully saturated rings. The number of carbonyl (C=O) groups excluding carboxylic acids is 1. The Kier molecular flexibility index (Phi) is 9.09. The second kappa shape index (κ2) is 10.9. The van der Waals surface area contributed by atoms with Gasteiger partial charge in [-0.05, 0) is 70.6 Å². The Bertz CT molecular complexity index is 745. The Hall–Kier alpha value is -1.22. The Morgan fingerprint density at radius 1 is 1.10 bits per heavy atom. The van der Waals surface area contributed by atoms with E-state index in [2.05, 4.69) is 27.0 Å². The van der Waals surface area contributed by atoms with Crippen LogP contribution in [-0.2, 0) is 4.74 Å². The van der Waals surface area contributed by atoms with Gasteiger partial charge < -0.3 is 20.7 Å². The number of nitrogens with zero attached hydrogens (tertiary/aromatic N) is 1. The van der Waals surface area contributed by atoms with Gasteiger partial charge in [-0.3, -0.25) is 4.99 Å². The summed E-state index contributed by atoms with van der Waals surface area (Å²) in [6.45, 7) is 5.63. The average molecular weight is 549 g/mol. The number of hydrogen-bond donors (Lipinski definition) is 3. The molecule has 2 aliphatic rings. The second-order valence-electron chi connectivity index (χ2n) is 9.06. The van der Waals surface area contributed by atoms with Crippen LogP contribution in [-0.4, -0.2) is 42.8 Å². The summed E-state index contributed by atoms with van der Waals surface area (Å²) < 4.78 is 5.35. The molecular formula is C22H34ClIN4O2. The smallest absolute Gasteiger partial charge is 0.407 e. The first-order valence-corrected chi connectivity index (χ1v) is 10.9. The lowest BCUT2D eigenvalue weighted by Gasteiger charge is -2.31. The monoisotopic (exact) mass is 548 g/mol. The van der Waals surface area contributed by atoms with Crippen LogP contribution in [0.5, 0.6) is 0 Å². The number of carbonyl (C=O) groups is 1. The van der Waals surface area contributed by atoms with Crippen LogP contribution in [0.15, 0.2) is 29.3 Å². The van der Waals surface area contributed by atoms with E-state index in [1.807, 2.05) is 46.0 Å². The van der Waals surface area contributed by atoms with Crippen LogP contribution < -0.4 is 16.0 Å². The summed E-state index contributed by atoms with van der Waals surface area (Å²) in [7, 11) is 1.81. The van der Waals surface area contributed by atoms with Crippen LogP contribution >= 0.6 is 35.6 Å².